The van der Waals surface area contributed by atoms with E-state index in [1.807, 2.05) is 18.2 Å². The highest BCUT2D eigenvalue weighted by atomic mass is 35.5. The average Bonchev–Trinajstić information content (AvgIpc) is 3.05. The number of para-hydroxylation sites is 1. The molecule has 0 spiro atoms. The molecule has 3 aromatic rings. The van der Waals surface area contributed by atoms with E-state index in [9.17, 15) is 4.79 Å². The van der Waals surface area contributed by atoms with Gasteiger partial charge < -0.3 is 9.47 Å². The molecule has 0 fully saturated rings. The van der Waals surface area contributed by atoms with Crippen LogP contribution < -0.4 is 9.47 Å². The molecule has 7 heteroatoms. The van der Waals surface area contributed by atoms with Crippen molar-refractivity contribution in [3.05, 3.63) is 81.1 Å². The molecule has 1 heterocycles. The van der Waals surface area contributed by atoms with E-state index < -0.39 is 0 Å². The van der Waals surface area contributed by atoms with E-state index in [4.69, 9.17) is 32.7 Å². The Morgan fingerprint density at radius 3 is 2.66 bits per heavy atom. The summed E-state index contributed by atoms with van der Waals surface area (Å²) in [4.78, 5) is 12.5. The van der Waals surface area contributed by atoms with E-state index in [-0.39, 0.29) is 12.4 Å². The molecule has 3 rings (SSSR count). The maximum atomic E-state index is 12.5. The third-order valence-electron chi connectivity index (χ3n) is 4.29. The van der Waals surface area contributed by atoms with Gasteiger partial charge in [0.25, 0.3) is 0 Å². The van der Waals surface area contributed by atoms with Crippen LogP contribution in [0.5, 0.6) is 11.5 Å². The molecule has 0 aliphatic heterocycles. The number of nitrogens with zero attached hydrogens (tertiary/aromatic N) is 2. The number of benzene rings is 2. The number of aryl methyl sites for hydroxylation is 2. The molecule has 1 aromatic heterocycles. The molecule has 29 heavy (non-hydrogen) atoms. The molecule has 0 saturated carbocycles. The highest BCUT2D eigenvalue weighted by molar-refractivity contribution is 6.42. The first-order chi connectivity index (χ1) is 13.9. The Labute approximate surface area is 179 Å². The lowest BCUT2D eigenvalue weighted by molar-refractivity contribution is 0.104. The lowest BCUT2D eigenvalue weighted by Crippen LogP contribution is -2.00. The lowest BCUT2D eigenvalue weighted by Gasteiger charge is -2.14. The number of hydrogen-bond acceptors (Lipinski definition) is 4. The van der Waals surface area contributed by atoms with Gasteiger partial charge in [-0.15, -0.1) is 0 Å². The number of ether oxygens (including phenoxy) is 2. The van der Waals surface area contributed by atoms with Crippen LogP contribution in [-0.2, 0) is 13.7 Å². The third-order valence-corrected chi connectivity index (χ3v) is 5.03. The second-order valence-electron chi connectivity index (χ2n) is 6.42. The first-order valence-electron chi connectivity index (χ1n) is 8.85. The number of halogens is 2. The fraction of sp³-hybridized carbons (Fsp3) is 0.182. The van der Waals surface area contributed by atoms with E-state index >= 15 is 0 Å². The van der Waals surface area contributed by atoms with Gasteiger partial charge in [0.15, 0.2) is 17.3 Å². The monoisotopic (exact) mass is 430 g/mol. The molecule has 0 saturated heterocycles. The first-order valence-corrected chi connectivity index (χ1v) is 9.61. The smallest absolute Gasteiger partial charge is 0.189 e. The number of carbonyl (C=O) groups excluding carboxylic acids is 1. The largest absolute Gasteiger partial charge is 0.493 e. The molecule has 0 aliphatic carbocycles. The summed E-state index contributed by atoms with van der Waals surface area (Å²) < 4.78 is 13.0. The normalized spacial score (nSPS) is 11.1. The van der Waals surface area contributed by atoms with Gasteiger partial charge >= 0.3 is 0 Å². The Morgan fingerprint density at radius 1 is 1.21 bits per heavy atom. The number of aromatic nitrogens is 2. The molecule has 0 amide bonds. The van der Waals surface area contributed by atoms with Gasteiger partial charge in [-0.25, -0.2) is 0 Å². The second-order valence-corrected chi connectivity index (χ2v) is 7.23. The number of hydrogen-bond donors (Lipinski definition) is 0. The molecule has 0 aliphatic rings. The van der Waals surface area contributed by atoms with Gasteiger partial charge in [0, 0.05) is 18.8 Å². The maximum Gasteiger partial charge on any atom is 0.189 e. The Hall–Kier alpha value is -2.76. The average molecular weight is 431 g/mol. The van der Waals surface area contributed by atoms with Crippen molar-refractivity contribution >= 4 is 35.1 Å². The summed E-state index contributed by atoms with van der Waals surface area (Å²) in [5.41, 5.74) is 2.83. The maximum absolute atomic E-state index is 12.5. The minimum absolute atomic E-state index is 0.131. The van der Waals surface area contributed by atoms with Gasteiger partial charge in [-0.1, -0.05) is 41.4 Å². The van der Waals surface area contributed by atoms with Crippen molar-refractivity contribution in [2.45, 2.75) is 13.5 Å². The van der Waals surface area contributed by atoms with Crippen molar-refractivity contribution in [2.75, 3.05) is 7.11 Å². The third kappa shape index (κ3) is 5.00. The van der Waals surface area contributed by atoms with Crippen LogP contribution in [-0.4, -0.2) is 22.7 Å². The number of carbonyl (C=O) groups is 1. The predicted octanol–water partition coefficient (Wildman–Crippen LogP) is 5.52. The molecule has 0 bridgehead atoms. The Kier molecular flexibility index (Phi) is 6.62. The van der Waals surface area contributed by atoms with Gasteiger partial charge in [0.1, 0.15) is 6.61 Å². The minimum Gasteiger partial charge on any atom is -0.493 e. The molecule has 0 atom stereocenters. The summed E-state index contributed by atoms with van der Waals surface area (Å²) >= 11 is 12.0. The van der Waals surface area contributed by atoms with Crippen molar-refractivity contribution in [2.24, 2.45) is 7.05 Å². The topological polar surface area (TPSA) is 53.4 Å². The molecular formula is C22H20Cl2N2O3. The summed E-state index contributed by atoms with van der Waals surface area (Å²) in [6, 6.07) is 10.8. The lowest BCUT2D eigenvalue weighted by atomic mass is 10.1. The van der Waals surface area contributed by atoms with E-state index in [1.54, 1.807) is 56.2 Å². The number of allylic oxidation sites excluding steroid dienone is 1. The van der Waals surface area contributed by atoms with Crippen molar-refractivity contribution in [3.63, 3.8) is 0 Å². The summed E-state index contributed by atoms with van der Waals surface area (Å²) in [5, 5.41) is 5.16. The molecule has 0 N–H and O–H groups in total. The fourth-order valence-electron chi connectivity index (χ4n) is 2.86. The number of methoxy groups -OCH3 is 1. The summed E-state index contributed by atoms with van der Waals surface area (Å²) in [5.74, 6) is 0.971. The van der Waals surface area contributed by atoms with Gasteiger partial charge in [-0.3, -0.25) is 9.48 Å². The van der Waals surface area contributed by atoms with Crippen molar-refractivity contribution in [3.8, 4) is 11.5 Å². The SMILES string of the molecule is COc1cccc(/C=C/C(=O)c2cn(C)nc2C)c1OCc1ccc(Cl)c(Cl)c1. The first kappa shape index (κ1) is 21.0. The Balaban J connectivity index is 1.84. The van der Waals surface area contributed by atoms with Gasteiger partial charge in [-0.2, -0.15) is 5.10 Å². The fourth-order valence-corrected chi connectivity index (χ4v) is 3.18. The zero-order chi connectivity index (χ0) is 21.0. The number of rotatable bonds is 7. The van der Waals surface area contributed by atoms with Crippen molar-refractivity contribution < 1.29 is 14.3 Å². The van der Waals surface area contributed by atoms with Crippen LogP contribution in [0.15, 0.2) is 48.7 Å². The van der Waals surface area contributed by atoms with Crippen LogP contribution in [0.2, 0.25) is 10.0 Å². The van der Waals surface area contributed by atoms with Gasteiger partial charge in [0.2, 0.25) is 0 Å². The van der Waals surface area contributed by atoms with Crippen molar-refractivity contribution in [1.29, 1.82) is 0 Å². The van der Waals surface area contributed by atoms with Crippen molar-refractivity contribution in [1.82, 2.24) is 9.78 Å². The molecule has 5 nitrogen and oxygen atoms in total. The van der Waals surface area contributed by atoms with Crippen LogP contribution in [0.25, 0.3) is 6.08 Å². The molecule has 2 aromatic carbocycles. The predicted molar refractivity (Wildman–Crippen MR) is 115 cm³/mol. The Morgan fingerprint density at radius 2 is 2.00 bits per heavy atom. The minimum atomic E-state index is -0.131. The second kappa shape index (κ2) is 9.16. The van der Waals surface area contributed by atoms with E-state index in [0.717, 1.165) is 11.1 Å². The summed E-state index contributed by atoms with van der Waals surface area (Å²) in [6.07, 6.45) is 4.92. The van der Waals surface area contributed by atoms with Crippen LogP contribution in [0.3, 0.4) is 0 Å². The summed E-state index contributed by atoms with van der Waals surface area (Å²) in [7, 11) is 3.35. The van der Waals surface area contributed by atoms with Crippen LogP contribution in [0.1, 0.15) is 27.2 Å². The van der Waals surface area contributed by atoms with E-state index in [2.05, 4.69) is 5.10 Å². The Bertz CT molecular complexity index is 1070. The van der Waals surface area contributed by atoms with Crippen LogP contribution in [0.4, 0.5) is 0 Å². The molecule has 0 unspecified atom stereocenters. The highest BCUT2D eigenvalue weighted by Gasteiger charge is 2.12. The molecule has 150 valence electrons. The van der Waals surface area contributed by atoms with Crippen LogP contribution in [0, 0.1) is 6.92 Å². The molecular weight excluding hydrogens is 411 g/mol. The quantitative estimate of drug-likeness (QED) is 0.365. The van der Waals surface area contributed by atoms with Crippen LogP contribution >= 0.6 is 23.2 Å². The zero-order valence-electron chi connectivity index (χ0n) is 16.3. The molecule has 0 radical (unpaired) electrons. The van der Waals surface area contributed by atoms with Gasteiger partial charge in [-0.05, 0) is 42.8 Å². The van der Waals surface area contributed by atoms with E-state index in [0.29, 0.717) is 32.8 Å². The standard InChI is InChI=1S/C22H20Cl2N2O3/c1-14-17(12-26(2)25-14)20(27)10-8-16-5-4-6-21(28-3)22(16)29-13-15-7-9-18(23)19(24)11-15/h4-12H,13H2,1-3H3/b10-8+. The summed E-state index contributed by atoms with van der Waals surface area (Å²) in [6.45, 7) is 2.08. The number of ketones is 1. The van der Waals surface area contributed by atoms with E-state index in [1.165, 1.54) is 6.08 Å². The highest BCUT2D eigenvalue weighted by Crippen LogP contribution is 2.33. The van der Waals surface area contributed by atoms with Gasteiger partial charge in [0.05, 0.1) is 28.4 Å². The zero-order valence-corrected chi connectivity index (χ0v) is 17.8.